The summed E-state index contributed by atoms with van der Waals surface area (Å²) in [7, 11) is 0. The number of aryl methyl sites for hydroxylation is 1. The zero-order chi connectivity index (χ0) is 19.7. The number of hydrogen-bond donors (Lipinski definition) is 1. The van der Waals surface area contributed by atoms with Gasteiger partial charge in [-0.2, -0.15) is 0 Å². The topological polar surface area (TPSA) is 35.6 Å². The zero-order valence-corrected chi connectivity index (χ0v) is 17.3. The van der Waals surface area contributed by atoms with Crippen molar-refractivity contribution in [3.63, 3.8) is 0 Å². The normalized spacial score (nSPS) is 19.8. The summed E-state index contributed by atoms with van der Waals surface area (Å²) in [4.78, 5) is 17.1. The van der Waals surface area contributed by atoms with Crippen molar-refractivity contribution >= 4 is 18.3 Å². The molecule has 0 spiro atoms. The van der Waals surface area contributed by atoms with E-state index in [0.29, 0.717) is 41.4 Å². The van der Waals surface area contributed by atoms with Crippen molar-refractivity contribution in [3.8, 4) is 11.1 Å². The molecule has 1 unspecified atom stereocenters. The predicted octanol–water partition coefficient (Wildman–Crippen LogP) is 3.48. The number of piperazine rings is 1. The Hall–Kier alpha value is -2.02. The Bertz CT molecular complexity index is 886. The van der Waals surface area contributed by atoms with Gasteiger partial charge in [-0.05, 0) is 48.7 Å². The van der Waals surface area contributed by atoms with Crippen LogP contribution >= 0.6 is 12.4 Å². The molecule has 0 bridgehead atoms. The van der Waals surface area contributed by atoms with E-state index in [1.165, 1.54) is 18.2 Å². The fourth-order valence-electron chi connectivity index (χ4n) is 4.25. The fourth-order valence-corrected chi connectivity index (χ4v) is 4.25. The Morgan fingerprint density at radius 3 is 2.45 bits per heavy atom. The van der Waals surface area contributed by atoms with Crippen molar-refractivity contribution in [1.82, 2.24) is 15.1 Å². The lowest BCUT2D eigenvalue weighted by Gasteiger charge is -2.32. The summed E-state index contributed by atoms with van der Waals surface area (Å²) in [5, 5.41) is 3.35. The van der Waals surface area contributed by atoms with Gasteiger partial charge in [-0.15, -0.1) is 12.4 Å². The molecule has 2 aromatic rings. The molecule has 2 heterocycles. The van der Waals surface area contributed by atoms with Crippen LogP contribution < -0.4 is 5.32 Å². The first-order valence-electron chi connectivity index (χ1n) is 9.83. The molecule has 2 aliphatic heterocycles. The highest BCUT2D eigenvalue weighted by Gasteiger charge is 2.31. The van der Waals surface area contributed by atoms with Crippen LogP contribution in [0, 0.1) is 18.6 Å². The lowest BCUT2D eigenvalue weighted by atomic mass is 9.98. The molecule has 1 N–H and O–H groups in total. The Labute approximate surface area is 176 Å². The second-order valence-electron chi connectivity index (χ2n) is 7.63. The standard InChI is InChI=1S/C22H25F2N3O.ClH/c1-15-12-17(23)3-5-19(15)20-4-2-16(13-21(20)24)22(28)27-9-6-18(14-27)26-10-7-25-8-11-26;/h2-5,12-13,18,25H,6-11,14H2,1H3;1H. The monoisotopic (exact) mass is 421 g/mol. The average molecular weight is 422 g/mol. The summed E-state index contributed by atoms with van der Waals surface area (Å²) in [5.41, 5.74) is 2.05. The number of hydrogen-bond acceptors (Lipinski definition) is 3. The van der Waals surface area contributed by atoms with Gasteiger partial charge in [0.1, 0.15) is 11.6 Å². The van der Waals surface area contributed by atoms with E-state index in [2.05, 4.69) is 10.2 Å². The van der Waals surface area contributed by atoms with Crippen molar-refractivity contribution < 1.29 is 13.6 Å². The third-order valence-electron chi connectivity index (χ3n) is 5.81. The molecular weight excluding hydrogens is 396 g/mol. The van der Waals surface area contributed by atoms with Crippen molar-refractivity contribution in [3.05, 3.63) is 59.2 Å². The fraction of sp³-hybridized carbons (Fsp3) is 0.409. The molecule has 2 fully saturated rings. The van der Waals surface area contributed by atoms with Gasteiger partial charge in [0.25, 0.3) is 5.91 Å². The van der Waals surface area contributed by atoms with Crippen LogP contribution in [-0.4, -0.2) is 61.0 Å². The minimum Gasteiger partial charge on any atom is -0.337 e. The van der Waals surface area contributed by atoms with Crippen LogP contribution in [0.1, 0.15) is 22.3 Å². The lowest BCUT2D eigenvalue weighted by Crippen LogP contribution is -2.49. The first-order valence-corrected chi connectivity index (χ1v) is 9.83. The van der Waals surface area contributed by atoms with Crippen LogP contribution in [0.5, 0.6) is 0 Å². The largest absolute Gasteiger partial charge is 0.337 e. The molecule has 2 aliphatic rings. The van der Waals surface area contributed by atoms with Crippen LogP contribution in [0.3, 0.4) is 0 Å². The maximum atomic E-state index is 14.8. The molecule has 29 heavy (non-hydrogen) atoms. The van der Waals surface area contributed by atoms with E-state index in [1.54, 1.807) is 25.1 Å². The van der Waals surface area contributed by atoms with E-state index >= 15 is 0 Å². The third-order valence-corrected chi connectivity index (χ3v) is 5.81. The van der Waals surface area contributed by atoms with Crippen LogP contribution in [-0.2, 0) is 0 Å². The van der Waals surface area contributed by atoms with Gasteiger partial charge in [-0.1, -0.05) is 12.1 Å². The lowest BCUT2D eigenvalue weighted by molar-refractivity contribution is 0.0773. The van der Waals surface area contributed by atoms with E-state index in [-0.39, 0.29) is 24.1 Å². The number of likely N-dealkylation sites (tertiary alicyclic amines) is 1. The van der Waals surface area contributed by atoms with Crippen LogP contribution in [0.15, 0.2) is 36.4 Å². The van der Waals surface area contributed by atoms with Crippen LogP contribution in [0.4, 0.5) is 8.78 Å². The summed E-state index contributed by atoms with van der Waals surface area (Å²) < 4.78 is 28.1. The SMILES string of the molecule is Cc1cc(F)ccc1-c1ccc(C(=O)N2CCC(N3CCNCC3)C2)cc1F.Cl. The van der Waals surface area contributed by atoms with E-state index in [4.69, 9.17) is 0 Å². The van der Waals surface area contributed by atoms with E-state index in [9.17, 15) is 13.6 Å². The molecule has 2 aromatic carbocycles. The second-order valence-corrected chi connectivity index (χ2v) is 7.63. The number of benzene rings is 2. The summed E-state index contributed by atoms with van der Waals surface area (Å²) in [6.45, 7) is 7.13. The Kier molecular flexibility index (Phi) is 6.88. The average Bonchev–Trinajstić information content (AvgIpc) is 3.19. The summed E-state index contributed by atoms with van der Waals surface area (Å²) in [5.74, 6) is -0.932. The van der Waals surface area contributed by atoms with Gasteiger partial charge >= 0.3 is 0 Å². The minimum absolute atomic E-state index is 0. The Balaban J connectivity index is 0.00000240. The second kappa shape index (κ2) is 9.20. The van der Waals surface area contributed by atoms with Crippen molar-refractivity contribution in [2.75, 3.05) is 39.3 Å². The number of carbonyl (C=O) groups is 1. The van der Waals surface area contributed by atoms with E-state index < -0.39 is 5.82 Å². The number of halogens is 3. The quantitative estimate of drug-likeness (QED) is 0.824. The molecule has 1 atom stereocenters. The highest BCUT2D eigenvalue weighted by Crippen LogP contribution is 2.28. The van der Waals surface area contributed by atoms with Gasteiger partial charge in [0.05, 0.1) is 0 Å². The predicted molar refractivity (Wildman–Crippen MR) is 113 cm³/mol. The van der Waals surface area contributed by atoms with Gasteiger partial charge in [-0.25, -0.2) is 8.78 Å². The van der Waals surface area contributed by atoms with Gasteiger partial charge in [0, 0.05) is 56.4 Å². The molecule has 4 rings (SSSR count). The molecule has 156 valence electrons. The smallest absolute Gasteiger partial charge is 0.254 e. The molecule has 1 amide bonds. The number of amides is 1. The van der Waals surface area contributed by atoms with Gasteiger partial charge in [0.2, 0.25) is 0 Å². The molecule has 4 nitrogen and oxygen atoms in total. The van der Waals surface area contributed by atoms with E-state index in [0.717, 1.165) is 32.6 Å². The first kappa shape index (κ1) is 21.7. The molecule has 0 saturated carbocycles. The first-order chi connectivity index (χ1) is 13.5. The molecule has 0 aromatic heterocycles. The van der Waals surface area contributed by atoms with Gasteiger partial charge < -0.3 is 10.2 Å². The third kappa shape index (κ3) is 4.60. The highest BCUT2D eigenvalue weighted by atomic mass is 35.5. The number of carbonyl (C=O) groups excluding carboxylic acids is 1. The molecule has 0 aliphatic carbocycles. The molecule has 0 radical (unpaired) electrons. The highest BCUT2D eigenvalue weighted by molar-refractivity contribution is 5.95. The number of nitrogens with zero attached hydrogens (tertiary/aromatic N) is 2. The Morgan fingerprint density at radius 2 is 1.76 bits per heavy atom. The minimum atomic E-state index is -0.460. The van der Waals surface area contributed by atoms with Crippen LogP contribution in [0.25, 0.3) is 11.1 Å². The van der Waals surface area contributed by atoms with E-state index in [1.807, 2.05) is 4.90 Å². The molecule has 7 heteroatoms. The summed E-state index contributed by atoms with van der Waals surface area (Å²) in [6, 6.07) is 9.25. The molecule has 2 saturated heterocycles. The van der Waals surface area contributed by atoms with Gasteiger partial charge in [-0.3, -0.25) is 9.69 Å². The maximum Gasteiger partial charge on any atom is 0.254 e. The van der Waals surface area contributed by atoms with Gasteiger partial charge in [0.15, 0.2) is 0 Å². The zero-order valence-electron chi connectivity index (χ0n) is 16.5. The Morgan fingerprint density at radius 1 is 1.03 bits per heavy atom. The van der Waals surface area contributed by atoms with Crippen molar-refractivity contribution in [2.45, 2.75) is 19.4 Å². The maximum absolute atomic E-state index is 14.8. The number of nitrogens with one attached hydrogen (secondary N) is 1. The summed E-state index contributed by atoms with van der Waals surface area (Å²) >= 11 is 0. The van der Waals surface area contributed by atoms with Crippen molar-refractivity contribution in [1.29, 1.82) is 0 Å². The van der Waals surface area contributed by atoms with Crippen molar-refractivity contribution in [2.24, 2.45) is 0 Å². The summed E-state index contributed by atoms with van der Waals surface area (Å²) in [6.07, 6.45) is 0.959. The number of rotatable bonds is 3. The van der Waals surface area contributed by atoms with Crippen LogP contribution in [0.2, 0.25) is 0 Å². The molecular formula is C22H26ClF2N3O.